The van der Waals surface area contributed by atoms with Gasteiger partial charge in [-0.05, 0) is 38.1 Å². The molecule has 160 valence electrons. The molecule has 2 heterocycles. The average molecular weight is 419 g/mol. The van der Waals surface area contributed by atoms with Crippen LogP contribution in [-0.2, 0) is 4.74 Å². The molecule has 2 aromatic carbocycles. The molecule has 2 aromatic heterocycles. The smallest absolute Gasteiger partial charge is 0.227 e. The van der Waals surface area contributed by atoms with Crippen molar-refractivity contribution in [1.29, 1.82) is 0 Å². The molecule has 0 fully saturated rings. The second-order valence-electron chi connectivity index (χ2n) is 7.19. The Morgan fingerprint density at radius 2 is 2.00 bits per heavy atom. The van der Waals surface area contributed by atoms with Crippen LogP contribution in [-0.4, -0.2) is 39.2 Å². The number of carbonyl (C=O) groups excluding carboxylic acids is 1. The Kier molecular flexibility index (Phi) is 6.74. The summed E-state index contributed by atoms with van der Waals surface area (Å²) in [5.41, 5.74) is 4.89. The van der Waals surface area contributed by atoms with E-state index in [0.717, 1.165) is 27.9 Å². The fourth-order valence-electron chi connectivity index (χ4n) is 3.29. The summed E-state index contributed by atoms with van der Waals surface area (Å²) < 4.78 is 5.22. The number of nitrogens with zero attached hydrogens (tertiary/aromatic N) is 3. The maximum Gasteiger partial charge on any atom is 0.227 e. The number of carbonyl (C=O) groups is 1. The van der Waals surface area contributed by atoms with Gasteiger partial charge in [0.05, 0.1) is 23.0 Å². The molecule has 0 radical (unpaired) electrons. The third kappa shape index (κ3) is 4.76. The summed E-state index contributed by atoms with van der Waals surface area (Å²) in [4.78, 5) is 21.6. The van der Waals surface area contributed by atoms with Crippen LogP contribution in [0.25, 0.3) is 22.2 Å². The van der Waals surface area contributed by atoms with Crippen molar-refractivity contribution < 1.29 is 9.53 Å². The van der Waals surface area contributed by atoms with E-state index >= 15 is 0 Å². The molecule has 31 heavy (non-hydrogen) atoms. The highest BCUT2D eigenvalue weighted by Gasteiger charge is 2.15. The van der Waals surface area contributed by atoms with E-state index in [1.54, 1.807) is 19.4 Å². The Morgan fingerprint density at radius 1 is 1.19 bits per heavy atom. The normalized spacial score (nSPS) is 11.7. The monoisotopic (exact) mass is 418 g/mol. The predicted octanol–water partition coefficient (Wildman–Crippen LogP) is 4.84. The summed E-state index contributed by atoms with van der Waals surface area (Å²) >= 11 is 0. The zero-order valence-corrected chi connectivity index (χ0v) is 17.8. The lowest BCUT2D eigenvalue weighted by atomic mass is 10.0. The molecule has 0 amide bonds. The number of aromatic amines is 1. The minimum Gasteiger partial charge on any atom is -0.381 e. The number of aromatic nitrogens is 4. The van der Waals surface area contributed by atoms with Gasteiger partial charge in [0.2, 0.25) is 5.95 Å². The van der Waals surface area contributed by atoms with E-state index < -0.39 is 0 Å². The number of anilines is 2. The number of Topliss-reactive ketones (excluding diaryl/α,β-unsaturated/α-hetero) is 1. The van der Waals surface area contributed by atoms with Gasteiger partial charge in [-0.3, -0.25) is 9.89 Å². The molecule has 1 unspecified atom stereocenters. The maximum absolute atomic E-state index is 12.7. The van der Waals surface area contributed by atoms with E-state index in [4.69, 9.17) is 4.74 Å². The van der Waals surface area contributed by atoms with Gasteiger partial charge in [-0.2, -0.15) is 5.10 Å². The number of hydrogen-bond acceptors (Lipinski definition) is 7. The van der Waals surface area contributed by atoms with Gasteiger partial charge in [0, 0.05) is 41.9 Å². The van der Waals surface area contributed by atoms with Crippen LogP contribution in [0.3, 0.4) is 0 Å². The first kappa shape index (κ1) is 22.1. The minimum absolute atomic E-state index is 0. The van der Waals surface area contributed by atoms with E-state index in [1.165, 1.54) is 0 Å². The van der Waals surface area contributed by atoms with Crippen molar-refractivity contribution >= 4 is 28.3 Å². The highest BCUT2D eigenvalue weighted by molar-refractivity contribution is 6.01. The number of benzene rings is 2. The van der Waals surface area contributed by atoms with Gasteiger partial charge in [-0.15, -0.1) is 0 Å². The van der Waals surface area contributed by atoms with E-state index in [0.29, 0.717) is 23.6 Å². The molecular weight excluding hydrogens is 392 g/mol. The van der Waals surface area contributed by atoms with Crippen molar-refractivity contribution in [3.05, 3.63) is 66.0 Å². The second kappa shape index (κ2) is 9.46. The number of rotatable bonds is 7. The molecule has 4 rings (SSSR count). The van der Waals surface area contributed by atoms with Crippen molar-refractivity contribution in [2.75, 3.05) is 12.4 Å². The van der Waals surface area contributed by atoms with Gasteiger partial charge in [-0.1, -0.05) is 24.3 Å². The predicted molar refractivity (Wildman–Crippen MR) is 122 cm³/mol. The molecule has 0 bridgehead atoms. The number of ether oxygens (including phenoxy) is 1. The van der Waals surface area contributed by atoms with E-state index in [9.17, 15) is 4.79 Å². The molecule has 4 aromatic rings. The third-order valence-corrected chi connectivity index (χ3v) is 5.05. The Morgan fingerprint density at radius 3 is 2.81 bits per heavy atom. The van der Waals surface area contributed by atoms with Gasteiger partial charge in [0.1, 0.15) is 0 Å². The van der Waals surface area contributed by atoms with Gasteiger partial charge >= 0.3 is 0 Å². The maximum atomic E-state index is 12.7. The number of methoxy groups -OCH3 is 1. The summed E-state index contributed by atoms with van der Waals surface area (Å²) in [5.74, 6) is 0.425. The molecule has 0 aliphatic rings. The SMILES string of the molecule is COC(C)CC(=O)c1ccccc1Nc1nccc(-c2ccc3c(C)[nH]nc3c2)n1.N. The topological polar surface area (TPSA) is 128 Å². The molecule has 0 saturated heterocycles. The average Bonchev–Trinajstić information content (AvgIpc) is 3.14. The molecular formula is C23H26N6O2. The van der Waals surface area contributed by atoms with Gasteiger partial charge < -0.3 is 16.2 Å². The van der Waals surface area contributed by atoms with Crippen LogP contribution >= 0.6 is 0 Å². The molecule has 8 nitrogen and oxygen atoms in total. The van der Waals surface area contributed by atoms with E-state index in [1.807, 2.05) is 56.3 Å². The first-order valence-corrected chi connectivity index (χ1v) is 9.75. The highest BCUT2D eigenvalue weighted by atomic mass is 16.5. The standard InChI is InChI=1S/C23H23N5O2.H3N/c1-14(30-3)12-22(29)18-6-4-5-7-20(18)26-23-24-11-10-19(25-23)16-8-9-17-15(2)27-28-21(17)13-16;/h4-11,13-14H,12H2,1-3H3,(H,27,28)(H,24,25,26);1H3. The number of H-pyrrole nitrogens is 1. The zero-order valence-electron chi connectivity index (χ0n) is 17.8. The number of ketones is 1. The third-order valence-electron chi connectivity index (χ3n) is 5.05. The van der Waals surface area contributed by atoms with Crippen LogP contribution in [0.5, 0.6) is 0 Å². The number of para-hydroxylation sites is 1. The van der Waals surface area contributed by atoms with Crippen molar-refractivity contribution in [3.63, 3.8) is 0 Å². The number of nitrogens with one attached hydrogen (secondary N) is 2. The van der Waals surface area contributed by atoms with Crippen molar-refractivity contribution in [3.8, 4) is 11.3 Å². The van der Waals surface area contributed by atoms with Crippen molar-refractivity contribution in [1.82, 2.24) is 26.3 Å². The quantitative estimate of drug-likeness (QED) is 0.366. The van der Waals surface area contributed by atoms with Crippen LogP contribution in [0.4, 0.5) is 11.6 Å². The van der Waals surface area contributed by atoms with Crippen LogP contribution in [0.15, 0.2) is 54.7 Å². The first-order chi connectivity index (χ1) is 14.5. The van der Waals surface area contributed by atoms with Crippen LogP contribution in [0, 0.1) is 6.92 Å². The largest absolute Gasteiger partial charge is 0.381 e. The molecule has 0 aliphatic heterocycles. The molecule has 8 heteroatoms. The molecule has 0 saturated carbocycles. The fraction of sp³-hybridized carbons (Fsp3) is 0.217. The molecule has 0 aliphatic carbocycles. The van der Waals surface area contributed by atoms with Gasteiger partial charge in [0.15, 0.2) is 5.78 Å². The summed E-state index contributed by atoms with van der Waals surface area (Å²) in [6, 6.07) is 15.2. The Balaban J connectivity index is 0.00000272. The lowest BCUT2D eigenvalue weighted by molar-refractivity contribution is 0.0792. The lowest BCUT2D eigenvalue weighted by Gasteiger charge is -2.13. The van der Waals surface area contributed by atoms with Crippen molar-refractivity contribution in [2.45, 2.75) is 26.4 Å². The minimum atomic E-state index is -0.147. The Labute approximate surface area is 180 Å². The van der Waals surface area contributed by atoms with Gasteiger partial charge in [-0.25, -0.2) is 9.97 Å². The zero-order chi connectivity index (χ0) is 21.1. The molecule has 1 atom stereocenters. The van der Waals surface area contributed by atoms with E-state index in [2.05, 4.69) is 25.5 Å². The summed E-state index contributed by atoms with van der Waals surface area (Å²) in [6.45, 7) is 3.87. The summed E-state index contributed by atoms with van der Waals surface area (Å²) in [5, 5.41) is 11.6. The first-order valence-electron chi connectivity index (χ1n) is 9.75. The molecule has 0 spiro atoms. The Hall–Kier alpha value is -3.62. The highest BCUT2D eigenvalue weighted by Crippen LogP contribution is 2.25. The van der Waals surface area contributed by atoms with Crippen LogP contribution in [0.2, 0.25) is 0 Å². The van der Waals surface area contributed by atoms with Crippen LogP contribution < -0.4 is 11.5 Å². The summed E-state index contributed by atoms with van der Waals surface area (Å²) in [6.07, 6.45) is 1.85. The van der Waals surface area contributed by atoms with Gasteiger partial charge in [0.25, 0.3) is 0 Å². The fourth-order valence-corrected chi connectivity index (χ4v) is 3.29. The number of hydrogen-bond donors (Lipinski definition) is 3. The van der Waals surface area contributed by atoms with Crippen molar-refractivity contribution in [2.24, 2.45) is 0 Å². The Bertz CT molecular complexity index is 1200. The van der Waals surface area contributed by atoms with Crippen LogP contribution in [0.1, 0.15) is 29.4 Å². The molecule has 5 N–H and O–H groups in total. The number of aryl methyl sites for hydroxylation is 1. The second-order valence-corrected chi connectivity index (χ2v) is 7.19. The van der Waals surface area contributed by atoms with E-state index in [-0.39, 0.29) is 18.0 Å². The lowest BCUT2D eigenvalue weighted by Crippen LogP contribution is -2.14. The summed E-state index contributed by atoms with van der Waals surface area (Å²) in [7, 11) is 1.60. The number of fused-ring (bicyclic) bond motifs is 1.